The summed E-state index contributed by atoms with van der Waals surface area (Å²) in [5, 5.41) is 2.71. The summed E-state index contributed by atoms with van der Waals surface area (Å²) < 4.78 is 25.0. The van der Waals surface area contributed by atoms with Gasteiger partial charge in [-0.05, 0) is 41.7 Å². The van der Waals surface area contributed by atoms with E-state index < -0.39 is 17.8 Å². The monoisotopic (exact) mass is 474 g/mol. The topological polar surface area (TPSA) is 67.9 Å². The highest BCUT2D eigenvalue weighted by molar-refractivity contribution is 8.00. The number of nitrogens with one attached hydrogen (secondary N) is 1. The van der Waals surface area contributed by atoms with E-state index in [0.29, 0.717) is 30.2 Å². The molecule has 0 aromatic heterocycles. The van der Waals surface area contributed by atoms with Crippen LogP contribution in [0.1, 0.15) is 36.7 Å². The molecule has 0 aliphatic carbocycles. The van der Waals surface area contributed by atoms with Crippen LogP contribution in [0.2, 0.25) is 0 Å². The Morgan fingerprint density at radius 3 is 2.45 bits per heavy atom. The molecule has 1 fully saturated rings. The summed E-state index contributed by atoms with van der Waals surface area (Å²) in [5.41, 5.74) is 0.693. The van der Waals surface area contributed by atoms with Gasteiger partial charge in [-0.25, -0.2) is 4.39 Å². The largest absolute Gasteiger partial charge is 0.493 e. The summed E-state index contributed by atoms with van der Waals surface area (Å²) in [7, 11) is 3.16. The highest BCUT2D eigenvalue weighted by atomic mass is 32.2. The normalized spacial score (nSPS) is 18.2. The highest BCUT2D eigenvalue weighted by Crippen LogP contribution is 2.41. The number of hydrogen-bond acceptors (Lipinski definition) is 5. The van der Waals surface area contributed by atoms with E-state index in [1.807, 2.05) is 39.0 Å². The second-order valence-corrected chi connectivity index (χ2v) is 10.1. The van der Waals surface area contributed by atoms with Crippen molar-refractivity contribution in [2.45, 2.75) is 38.6 Å². The van der Waals surface area contributed by atoms with E-state index in [0.717, 1.165) is 5.56 Å². The molecule has 0 spiro atoms. The van der Waals surface area contributed by atoms with E-state index in [1.165, 1.54) is 12.1 Å². The molecule has 2 aromatic rings. The molecule has 0 saturated carbocycles. The van der Waals surface area contributed by atoms with Crippen LogP contribution in [0.25, 0.3) is 0 Å². The SMILES string of the molecule is COc1ccc(CCNC(=O)C2CSC(C(C)(C)C)N2C(=O)c2ccccc2F)cc1OC. The molecular weight excluding hydrogens is 443 g/mol. The molecule has 1 saturated heterocycles. The van der Waals surface area contributed by atoms with Gasteiger partial charge >= 0.3 is 0 Å². The number of rotatable bonds is 7. The Hall–Kier alpha value is -2.74. The van der Waals surface area contributed by atoms with Gasteiger partial charge in [0.15, 0.2) is 11.5 Å². The van der Waals surface area contributed by atoms with Crippen LogP contribution in [0.4, 0.5) is 4.39 Å². The maximum atomic E-state index is 14.4. The standard InChI is InChI=1S/C25H31FN2O4S/c1-25(2,3)24-28(23(30)17-8-6-7-9-18(17)26)19(15-33-24)22(29)27-13-12-16-10-11-20(31-4)21(14-16)32-5/h6-11,14,19,24H,12-13,15H2,1-5H3,(H,27,29). The van der Waals surface area contributed by atoms with Crippen molar-refractivity contribution in [3.63, 3.8) is 0 Å². The number of carbonyl (C=O) groups excluding carboxylic acids is 2. The first-order valence-electron chi connectivity index (χ1n) is 10.8. The smallest absolute Gasteiger partial charge is 0.258 e. The Labute approximate surface area is 198 Å². The van der Waals surface area contributed by atoms with Crippen molar-refractivity contribution in [2.75, 3.05) is 26.5 Å². The van der Waals surface area contributed by atoms with Crippen LogP contribution in [0.15, 0.2) is 42.5 Å². The van der Waals surface area contributed by atoms with Gasteiger partial charge in [-0.3, -0.25) is 9.59 Å². The lowest BCUT2D eigenvalue weighted by atomic mass is 9.94. The van der Waals surface area contributed by atoms with Crippen LogP contribution in [0.3, 0.4) is 0 Å². The van der Waals surface area contributed by atoms with Crippen LogP contribution in [0, 0.1) is 11.2 Å². The van der Waals surface area contributed by atoms with Gasteiger partial charge in [-0.1, -0.05) is 39.0 Å². The van der Waals surface area contributed by atoms with Crippen LogP contribution in [-0.4, -0.2) is 54.6 Å². The second kappa shape index (κ2) is 10.5. The van der Waals surface area contributed by atoms with Gasteiger partial charge in [0.1, 0.15) is 11.9 Å². The van der Waals surface area contributed by atoms with Crippen molar-refractivity contribution in [1.82, 2.24) is 10.2 Å². The molecule has 2 atom stereocenters. The molecule has 1 N–H and O–H groups in total. The number of benzene rings is 2. The van der Waals surface area contributed by atoms with E-state index >= 15 is 0 Å². The Bertz CT molecular complexity index is 1010. The zero-order chi connectivity index (χ0) is 24.2. The predicted molar refractivity (Wildman–Crippen MR) is 128 cm³/mol. The van der Waals surface area contributed by atoms with Crippen molar-refractivity contribution >= 4 is 23.6 Å². The molecule has 8 heteroatoms. The number of thioether (sulfide) groups is 1. The van der Waals surface area contributed by atoms with Crippen molar-refractivity contribution < 1.29 is 23.5 Å². The Balaban J connectivity index is 1.73. The molecule has 2 aromatic carbocycles. The summed E-state index contributed by atoms with van der Waals surface area (Å²) in [4.78, 5) is 28.0. The van der Waals surface area contributed by atoms with Crippen molar-refractivity contribution in [3.05, 3.63) is 59.4 Å². The lowest BCUT2D eigenvalue weighted by molar-refractivity contribution is -0.125. The van der Waals surface area contributed by atoms with Gasteiger partial charge in [0.25, 0.3) is 5.91 Å². The van der Waals surface area contributed by atoms with E-state index in [1.54, 1.807) is 43.0 Å². The Kier molecular flexibility index (Phi) is 7.89. The summed E-state index contributed by atoms with van der Waals surface area (Å²) in [6, 6.07) is 10.9. The number of hydrogen-bond donors (Lipinski definition) is 1. The number of amides is 2. The molecule has 0 radical (unpaired) electrons. The molecule has 1 aliphatic heterocycles. The lowest BCUT2D eigenvalue weighted by Gasteiger charge is -2.36. The Morgan fingerprint density at radius 1 is 1.12 bits per heavy atom. The molecule has 0 bridgehead atoms. The molecule has 3 rings (SSSR count). The van der Waals surface area contributed by atoms with Crippen molar-refractivity contribution in [2.24, 2.45) is 5.41 Å². The lowest BCUT2D eigenvalue weighted by Crippen LogP contribution is -2.52. The number of methoxy groups -OCH3 is 2. The minimum Gasteiger partial charge on any atom is -0.493 e. The fraction of sp³-hybridized carbons (Fsp3) is 0.440. The average Bonchev–Trinajstić information content (AvgIpc) is 3.25. The number of ether oxygens (including phenoxy) is 2. The third-order valence-corrected chi connectivity index (χ3v) is 7.30. The second-order valence-electron chi connectivity index (χ2n) is 8.99. The summed E-state index contributed by atoms with van der Waals surface area (Å²) in [5.74, 6) is 0.453. The molecule has 33 heavy (non-hydrogen) atoms. The maximum absolute atomic E-state index is 14.4. The fourth-order valence-corrected chi connectivity index (χ4v) is 5.46. The molecule has 2 amide bonds. The molecule has 2 unspecified atom stereocenters. The minimum absolute atomic E-state index is 0.0163. The summed E-state index contributed by atoms with van der Waals surface area (Å²) in [6.45, 7) is 6.45. The highest BCUT2D eigenvalue weighted by Gasteiger charge is 2.46. The van der Waals surface area contributed by atoms with Crippen LogP contribution in [-0.2, 0) is 11.2 Å². The minimum atomic E-state index is -0.670. The zero-order valence-electron chi connectivity index (χ0n) is 19.7. The van der Waals surface area contributed by atoms with Crippen LogP contribution >= 0.6 is 11.8 Å². The average molecular weight is 475 g/mol. The summed E-state index contributed by atoms with van der Waals surface area (Å²) >= 11 is 1.55. The molecule has 178 valence electrons. The van der Waals surface area contributed by atoms with Crippen molar-refractivity contribution in [1.29, 1.82) is 0 Å². The van der Waals surface area contributed by atoms with Gasteiger partial charge < -0.3 is 19.7 Å². The summed E-state index contributed by atoms with van der Waals surface area (Å²) in [6.07, 6.45) is 0.593. The van der Waals surface area contributed by atoms with E-state index in [-0.39, 0.29) is 22.3 Å². The number of halogens is 1. The predicted octanol–water partition coefficient (Wildman–Crippen LogP) is 4.13. The zero-order valence-corrected chi connectivity index (χ0v) is 20.5. The number of nitrogens with zero attached hydrogens (tertiary/aromatic N) is 1. The third kappa shape index (κ3) is 5.61. The molecular formula is C25H31FN2O4S. The van der Waals surface area contributed by atoms with Crippen LogP contribution < -0.4 is 14.8 Å². The van der Waals surface area contributed by atoms with Gasteiger partial charge in [0.2, 0.25) is 5.91 Å². The van der Waals surface area contributed by atoms with Crippen LogP contribution in [0.5, 0.6) is 11.5 Å². The first kappa shape index (κ1) is 24.9. The quantitative estimate of drug-likeness (QED) is 0.654. The van der Waals surface area contributed by atoms with Gasteiger partial charge in [0, 0.05) is 12.3 Å². The van der Waals surface area contributed by atoms with E-state index in [4.69, 9.17) is 9.47 Å². The van der Waals surface area contributed by atoms with Gasteiger partial charge in [-0.15, -0.1) is 11.8 Å². The van der Waals surface area contributed by atoms with E-state index in [2.05, 4.69) is 5.32 Å². The molecule has 6 nitrogen and oxygen atoms in total. The van der Waals surface area contributed by atoms with E-state index in [9.17, 15) is 14.0 Å². The Morgan fingerprint density at radius 2 is 1.82 bits per heavy atom. The third-order valence-electron chi connectivity index (χ3n) is 5.54. The number of carbonyl (C=O) groups is 2. The first-order valence-corrected chi connectivity index (χ1v) is 11.9. The molecule has 1 heterocycles. The van der Waals surface area contributed by atoms with Gasteiger partial charge in [-0.2, -0.15) is 0 Å². The van der Waals surface area contributed by atoms with Crippen molar-refractivity contribution in [3.8, 4) is 11.5 Å². The first-order chi connectivity index (χ1) is 15.7. The van der Waals surface area contributed by atoms with Gasteiger partial charge in [0.05, 0.1) is 25.2 Å². The fourth-order valence-electron chi connectivity index (χ4n) is 3.88. The molecule has 1 aliphatic rings. The maximum Gasteiger partial charge on any atom is 0.258 e.